The number of ketones is 2. The minimum Gasteiger partial charge on any atom is -0.370 e. The molecule has 6 nitrogen and oxygen atoms in total. The lowest BCUT2D eigenvalue weighted by Gasteiger charge is -2.36. The molecule has 0 bridgehead atoms. The van der Waals surface area contributed by atoms with Gasteiger partial charge in [0.1, 0.15) is 11.6 Å². The Morgan fingerprint density at radius 3 is 1.25 bits per heavy atom. The van der Waals surface area contributed by atoms with Crippen molar-refractivity contribution in [3.8, 4) is 0 Å². The number of Topliss-reactive ketones (excluding diaryl/α,β-unsaturated/α-hetero) is 2. The van der Waals surface area contributed by atoms with Gasteiger partial charge in [-0.1, -0.05) is 199 Å². The van der Waals surface area contributed by atoms with E-state index < -0.39 is 0 Å². The predicted molar refractivity (Wildman–Crippen MR) is 297 cm³/mol. The molecule has 2 N–H and O–H groups in total. The Balaban J connectivity index is 0.000000247. The predicted octanol–water partition coefficient (Wildman–Crippen LogP) is 14.2. The summed E-state index contributed by atoms with van der Waals surface area (Å²) in [7, 11) is 0. The van der Waals surface area contributed by atoms with Crippen molar-refractivity contribution >= 4 is 11.6 Å². The molecule has 2 unspecified atom stereocenters. The van der Waals surface area contributed by atoms with E-state index in [0.717, 1.165) is 63.8 Å². The van der Waals surface area contributed by atoms with Crippen molar-refractivity contribution in [2.24, 2.45) is 11.8 Å². The second-order valence-electron chi connectivity index (χ2n) is 20.3. The zero-order valence-electron chi connectivity index (χ0n) is 44.9. The highest BCUT2D eigenvalue weighted by atomic mass is 16.5. The molecular formula is C65H86N2O4. The Hall–Kier alpha value is -5.24. The molecule has 380 valence electrons. The van der Waals surface area contributed by atoms with Crippen LogP contribution in [0, 0.1) is 11.8 Å². The highest BCUT2D eigenvalue weighted by molar-refractivity contribution is 5.86. The third-order valence-electron chi connectivity index (χ3n) is 13.9. The molecule has 8 rings (SSSR count). The third-order valence-corrected chi connectivity index (χ3v) is 13.9. The number of nitrogens with one attached hydrogen (secondary N) is 2. The lowest BCUT2D eigenvalue weighted by atomic mass is 9.78. The van der Waals surface area contributed by atoms with E-state index in [1.54, 1.807) is 0 Å². The largest absolute Gasteiger partial charge is 0.370 e. The minimum atomic E-state index is -0.127. The molecule has 5 aromatic rings. The summed E-state index contributed by atoms with van der Waals surface area (Å²) in [6.07, 6.45) is 10.7. The Morgan fingerprint density at radius 1 is 0.493 bits per heavy atom. The van der Waals surface area contributed by atoms with E-state index in [9.17, 15) is 9.59 Å². The Kier molecular flexibility index (Phi) is 22.9. The summed E-state index contributed by atoms with van der Waals surface area (Å²) in [4.78, 5) is 27.1. The number of benzene rings is 5. The number of ether oxygens (including phenoxy) is 2. The molecule has 1 aliphatic carbocycles. The molecule has 2 heterocycles. The topological polar surface area (TPSA) is 76.7 Å². The summed E-state index contributed by atoms with van der Waals surface area (Å²) in [5.41, 5.74) is 9.48. The lowest BCUT2D eigenvalue weighted by Crippen LogP contribution is -2.50. The summed E-state index contributed by atoms with van der Waals surface area (Å²) in [5.74, 6) is 0.489. The summed E-state index contributed by atoms with van der Waals surface area (Å²) in [6.45, 7) is 24.3. The number of hydrogen-bond donors (Lipinski definition) is 2. The van der Waals surface area contributed by atoms with Crippen LogP contribution in [0.3, 0.4) is 0 Å². The first-order valence-electron chi connectivity index (χ1n) is 26.8. The van der Waals surface area contributed by atoms with Crippen molar-refractivity contribution in [2.75, 3.05) is 26.2 Å². The van der Waals surface area contributed by atoms with Gasteiger partial charge in [0.2, 0.25) is 0 Å². The van der Waals surface area contributed by atoms with Gasteiger partial charge in [-0.3, -0.25) is 9.59 Å². The molecule has 2 aliphatic heterocycles. The monoisotopic (exact) mass is 959 g/mol. The molecule has 3 aliphatic rings. The number of carbonyl (C=O) groups is 2. The van der Waals surface area contributed by atoms with E-state index in [2.05, 4.69) is 180 Å². The first-order chi connectivity index (χ1) is 34.4. The highest BCUT2D eigenvalue weighted by Gasteiger charge is 2.32. The van der Waals surface area contributed by atoms with Gasteiger partial charge in [0.15, 0.2) is 0 Å². The molecule has 2 saturated heterocycles. The van der Waals surface area contributed by atoms with Crippen LogP contribution in [0.4, 0.5) is 0 Å². The fourth-order valence-electron chi connectivity index (χ4n) is 10.4. The summed E-state index contributed by atoms with van der Waals surface area (Å²) < 4.78 is 12.5. The minimum absolute atomic E-state index is 0.0472. The quantitative estimate of drug-likeness (QED) is 0.0911. The number of rotatable bonds is 18. The van der Waals surface area contributed by atoms with Gasteiger partial charge >= 0.3 is 0 Å². The maximum Gasteiger partial charge on any atom is 0.141 e. The van der Waals surface area contributed by atoms with Crippen molar-refractivity contribution in [1.82, 2.24) is 10.6 Å². The van der Waals surface area contributed by atoms with Crippen LogP contribution in [0.25, 0.3) is 0 Å². The first kappa shape index (κ1) is 56.7. The molecule has 0 amide bonds. The average Bonchev–Trinajstić information content (AvgIpc) is 3.84. The number of allylic oxidation sites excluding steroid dienone is 4. The van der Waals surface area contributed by atoms with Gasteiger partial charge in [-0.15, -0.1) is 0 Å². The van der Waals surface area contributed by atoms with Gasteiger partial charge in [0, 0.05) is 62.7 Å². The number of hydrogen-bond acceptors (Lipinski definition) is 6. The van der Waals surface area contributed by atoms with Gasteiger partial charge in [0.25, 0.3) is 0 Å². The zero-order valence-corrected chi connectivity index (χ0v) is 44.9. The Bertz CT molecular complexity index is 2310. The van der Waals surface area contributed by atoms with Crippen LogP contribution >= 0.6 is 0 Å². The van der Waals surface area contributed by atoms with Gasteiger partial charge in [-0.25, -0.2) is 0 Å². The SMILES string of the molecule is CC.CC.CC(C(=O)CC1=CCC=C1CC[C@@H]1CNCC(C)(C)O1)C(c1ccccc1)c1ccccc1.CC(C(=O)Cc1ccccc1CC[C@@H]1CNCC(C)(C)O1)C(c1ccccc1)c1ccccc1. The van der Waals surface area contributed by atoms with Crippen LogP contribution in [-0.2, 0) is 31.9 Å². The summed E-state index contributed by atoms with van der Waals surface area (Å²) in [5, 5.41) is 6.98. The lowest BCUT2D eigenvalue weighted by molar-refractivity contribution is -0.122. The van der Waals surface area contributed by atoms with E-state index in [1.165, 1.54) is 39.0 Å². The molecule has 5 aromatic carbocycles. The standard InChI is InChI=1S/C31H37NO2.C30H37NO2.2C2H6/c1-23(30(25-13-6-4-7-14-25)26-15-8-5-9-16-26)29(33)20-27-17-11-10-12-24(27)18-19-28-21-32-22-31(2,3)34-28;1-22(29(24-11-6-4-7-12-24)25-13-8-5-9-14-25)28(32)19-26-16-10-15-23(26)17-18-27-20-31-21-30(2,3)33-27;2*1-2/h4-17,23,28,30,32H,18-22H2,1-3H3;4-9,11-16,22,27,29,31H,10,17-21H2,1-3H3;2*1-2H3/t23?,28-;22?,27-;;/m11../s1. The fourth-order valence-corrected chi connectivity index (χ4v) is 10.4. The maximum atomic E-state index is 13.6. The fraction of sp³-hybridized carbons (Fsp3) is 0.446. The molecule has 2 fully saturated rings. The van der Waals surface area contributed by atoms with Gasteiger partial charge < -0.3 is 20.1 Å². The van der Waals surface area contributed by atoms with Crippen molar-refractivity contribution in [3.63, 3.8) is 0 Å². The van der Waals surface area contributed by atoms with Crippen LogP contribution < -0.4 is 10.6 Å². The average molecular weight is 959 g/mol. The number of aryl methyl sites for hydroxylation is 1. The number of carbonyl (C=O) groups excluding carboxylic acids is 2. The Labute approximate surface area is 429 Å². The van der Waals surface area contributed by atoms with Crippen LogP contribution in [0.15, 0.2) is 169 Å². The first-order valence-corrected chi connectivity index (χ1v) is 26.8. The molecule has 6 heteroatoms. The van der Waals surface area contributed by atoms with Crippen LogP contribution in [0.1, 0.15) is 147 Å². The van der Waals surface area contributed by atoms with Crippen molar-refractivity contribution in [1.29, 1.82) is 0 Å². The molecule has 0 spiro atoms. The van der Waals surface area contributed by atoms with Crippen LogP contribution in [0.5, 0.6) is 0 Å². The van der Waals surface area contributed by atoms with E-state index >= 15 is 0 Å². The van der Waals surface area contributed by atoms with E-state index in [1.807, 2.05) is 58.0 Å². The smallest absolute Gasteiger partial charge is 0.141 e. The molecule has 71 heavy (non-hydrogen) atoms. The molecule has 0 aromatic heterocycles. The third kappa shape index (κ3) is 17.2. The van der Waals surface area contributed by atoms with E-state index in [-0.39, 0.29) is 52.9 Å². The number of morpholine rings is 2. The van der Waals surface area contributed by atoms with Crippen LogP contribution in [-0.4, -0.2) is 61.2 Å². The van der Waals surface area contributed by atoms with Gasteiger partial charge in [-0.05, 0) is 104 Å². The summed E-state index contributed by atoms with van der Waals surface area (Å²) >= 11 is 0. The Morgan fingerprint density at radius 2 is 0.845 bits per heavy atom. The second kappa shape index (κ2) is 28.7. The molecular weight excluding hydrogens is 873 g/mol. The van der Waals surface area contributed by atoms with Gasteiger partial charge in [-0.2, -0.15) is 0 Å². The molecule has 4 atom stereocenters. The normalized spacial score (nSPS) is 18.8. The summed E-state index contributed by atoms with van der Waals surface area (Å²) in [6, 6.07) is 50.1. The van der Waals surface area contributed by atoms with Crippen molar-refractivity contribution < 1.29 is 19.1 Å². The van der Waals surface area contributed by atoms with Crippen molar-refractivity contribution in [3.05, 3.63) is 202 Å². The van der Waals surface area contributed by atoms with Gasteiger partial charge in [0.05, 0.1) is 23.4 Å². The highest BCUT2D eigenvalue weighted by Crippen LogP contribution is 2.37. The second-order valence-corrected chi connectivity index (χ2v) is 20.3. The van der Waals surface area contributed by atoms with E-state index in [0.29, 0.717) is 18.6 Å². The van der Waals surface area contributed by atoms with Crippen molar-refractivity contribution in [2.45, 2.75) is 149 Å². The zero-order chi connectivity index (χ0) is 51.2. The van der Waals surface area contributed by atoms with Crippen LogP contribution in [0.2, 0.25) is 0 Å². The van der Waals surface area contributed by atoms with E-state index in [4.69, 9.17) is 9.47 Å². The molecule has 0 saturated carbocycles. The maximum absolute atomic E-state index is 13.6. The molecule has 0 radical (unpaired) electrons.